The number of allylic oxidation sites excluding steroid dienone is 6. The molecule has 0 spiro atoms. The molecule has 1 N–H and O–H groups in total. The summed E-state index contributed by atoms with van der Waals surface area (Å²) >= 11 is 0. The Morgan fingerprint density at radius 1 is 0.784 bits per heavy atom. The fourth-order valence-electron chi connectivity index (χ4n) is 8.07. The summed E-state index contributed by atoms with van der Waals surface area (Å²) in [7, 11) is 6.10. The SMILES string of the molecule is COc1ccc(OC)c(C=Cc2ccc(N3C(=O)[C@H]4[C@H](CC=C5[C@H](c6c(OC)cc(O)cc6OC)C6=C(C[C@H]54)C(=O)C(C)=CC6=O)C3=O)cc2)c1. The summed E-state index contributed by atoms with van der Waals surface area (Å²) in [6.45, 7) is 1.60. The minimum absolute atomic E-state index is 0.0952. The fraction of sp³-hybridized carbons (Fsp3) is 0.268. The zero-order chi connectivity index (χ0) is 36.1. The van der Waals surface area contributed by atoms with Crippen LogP contribution in [0.4, 0.5) is 5.69 Å². The number of methoxy groups -OCH3 is 4. The summed E-state index contributed by atoms with van der Waals surface area (Å²) in [5, 5.41) is 10.4. The molecule has 10 heteroatoms. The van der Waals surface area contributed by atoms with Gasteiger partial charge in [-0.1, -0.05) is 35.9 Å². The van der Waals surface area contributed by atoms with Crippen molar-refractivity contribution >= 4 is 41.2 Å². The molecule has 2 amide bonds. The van der Waals surface area contributed by atoms with Gasteiger partial charge in [0.2, 0.25) is 11.8 Å². The van der Waals surface area contributed by atoms with Crippen molar-refractivity contribution in [1.29, 1.82) is 0 Å². The first-order valence-electron chi connectivity index (χ1n) is 16.6. The maximum atomic E-state index is 14.4. The van der Waals surface area contributed by atoms with Crippen LogP contribution in [0.2, 0.25) is 0 Å². The van der Waals surface area contributed by atoms with Crippen LogP contribution in [0.5, 0.6) is 28.7 Å². The molecule has 0 bridgehead atoms. The van der Waals surface area contributed by atoms with Crippen molar-refractivity contribution in [2.24, 2.45) is 17.8 Å². The number of benzene rings is 3. The number of nitrogens with zero attached hydrogens (tertiary/aromatic N) is 1. The summed E-state index contributed by atoms with van der Waals surface area (Å²) in [4.78, 5) is 57.1. The molecule has 10 nitrogen and oxygen atoms in total. The van der Waals surface area contributed by atoms with E-state index in [1.165, 1.54) is 37.3 Å². The van der Waals surface area contributed by atoms with E-state index in [2.05, 4.69) is 0 Å². The molecule has 1 heterocycles. The maximum absolute atomic E-state index is 14.4. The number of Topliss-reactive ketones (excluding diaryl/α,β-unsaturated/α-hetero) is 1. The summed E-state index contributed by atoms with van der Waals surface area (Å²) in [6.07, 6.45) is 7.51. The Labute approximate surface area is 295 Å². The number of aromatic hydroxyl groups is 1. The Kier molecular flexibility index (Phi) is 8.62. The minimum Gasteiger partial charge on any atom is -0.508 e. The maximum Gasteiger partial charge on any atom is 0.238 e. The number of ether oxygens (including phenoxy) is 4. The van der Waals surface area contributed by atoms with Gasteiger partial charge >= 0.3 is 0 Å². The largest absolute Gasteiger partial charge is 0.508 e. The van der Waals surface area contributed by atoms with E-state index >= 15 is 0 Å². The van der Waals surface area contributed by atoms with E-state index in [0.717, 1.165) is 16.7 Å². The van der Waals surface area contributed by atoms with E-state index in [-0.39, 0.29) is 53.5 Å². The third-order valence-corrected chi connectivity index (χ3v) is 10.4. The minimum atomic E-state index is -0.794. The predicted octanol–water partition coefficient (Wildman–Crippen LogP) is 6.23. The van der Waals surface area contributed by atoms with Crippen LogP contribution < -0.4 is 23.8 Å². The third kappa shape index (κ3) is 5.51. The van der Waals surface area contributed by atoms with Gasteiger partial charge in [-0.3, -0.25) is 24.1 Å². The lowest BCUT2D eigenvalue weighted by Crippen LogP contribution is -2.40. The van der Waals surface area contributed by atoms with E-state index in [1.54, 1.807) is 33.3 Å². The summed E-state index contributed by atoms with van der Waals surface area (Å²) in [5.41, 5.74) is 4.30. The van der Waals surface area contributed by atoms with Gasteiger partial charge in [-0.25, -0.2) is 0 Å². The molecule has 3 aromatic rings. The Hall–Kier alpha value is -5.90. The van der Waals surface area contributed by atoms with Crippen LogP contribution in [0.15, 0.2) is 89.0 Å². The van der Waals surface area contributed by atoms with E-state index in [9.17, 15) is 24.3 Å². The van der Waals surface area contributed by atoms with Crippen LogP contribution in [0.25, 0.3) is 12.2 Å². The van der Waals surface area contributed by atoms with Gasteiger partial charge in [0.15, 0.2) is 11.6 Å². The van der Waals surface area contributed by atoms with Crippen molar-refractivity contribution in [1.82, 2.24) is 0 Å². The highest BCUT2D eigenvalue weighted by molar-refractivity contribution is 6.25. The number of imide groups is 1. The molecule has 1 saturated heterocycles. The summed E-state index contributed by atoms with van der Waals surface area (Å²) in [5.74, 6) is -2.12. The molecule has 0 radical (unpaired) electrons. The number of hydrogen-bond acceptors (Lipinski definition) is 9. The molecule has 3 aliphatic carbocycles. The lowest BCUT2D eigenvalue weighted by atomic mass is 9.59. The number of anilines is 1. The molecule has 1 fully saturated rings. The number of hydrogen-bond donors (Lipinski definition) is 1. The molecule has 7 rings (SSSR count). The zero-order valence-corrected chi connectivity index (χ0v) is 28.9. The molecule has 0 unspecified atom stereocenters. The fourth-order valence-corrected chi connectivity index (χ4v) is 8.07. The predicted molar refractivity (Wildman–Crippen MR) is 190 cm³/mol. The number of fused-ring (bicyclic) bond motifs is 3. The van der Waals surface area contributed by atoms with E-state index in [1.807, 2.05) is 48.6 Å². The average molecular weight is 688 g/mol. The Bertz CT molecular complexity index is 2100. The second-order valence-electron chi connectivity index (χ2n) is 13.0. The normalized spacial score (nSPS) is 22.7. The molecule has 4 atom stereocenters. The second-order valence-corrected chi connectivity index (χ2v) is 13.0. The van der Waals surface area contributed by atoms with E-state index in [0.29, 0.717) is 39.5 Å². The first-order chi connectivity index (χ1) is 24.6. The standard InChI is InChI=1S/C41H37NO9/c1-21-16-31(44)36-30(39(21)45)20-29-27(37(36)38-33(50-4)18-25(43)19-34(38)51-5)13-14-28-35(29)41(47)42(40(28)46)24-10-7-22(8-11-24)6-9-23-17-26(48-2)12-15-32(23)49-3/h6-13,15-19,28-29,35,37,43H,14,20H2,1-5H3/t28-,29+,35-,37-/m0/s1. The molecular formula is C41H37NO9. The quantitative estimate of drug-likeness (QED) is 0.127. The Morgan fingerprint density at radius 2 is 1.47 bits per heavy atom. The van der Waals surface area contributed by atoms with Crippen LogP contribution in [-0.4, -0.2) is 56.9 Å². The first-order valence-corrected chi connectivity index (χ1v) is 16.6. The number of phenolic OH excluding ortho intramolecular Hbond substituents is 1. The van der Waals surface area contributed by atoms with Crippen molar-refractivity contribution < 1.29 is 43.2 Å². The lowest BCUT2D eigenvalue weighted by Gasteiger charge is -2.42. The van der Waals surface area contributed by atoms with Gasteiger partial charge in [-0.15, -0.1) is 0 Å². The van der Waals surface area contributed by atoms with Crippen molar-refractivity contribution in [3.8, 4) is 28.7 Å². The molecule has 51 heavy (non-hydrogen) atoms. The second kappa shape index (κ2) is 13.1. The van der Waals surface area contributed by atoms with Crippen LogP contribution in [-0.2, 0) is 19.2 Å². The Balaban J connectivity index is 1.24. The monoisotopic (exact) mass is 687 g/mol. The van der Waals surface area contributed by atoms with Crippen molar-refractivity contribution in [3.63, 3.8) is 0 Å². The molecule has 0 saturated carbocycles. The molecule has 0 aromatic heterocycles. The number of amides is 2. The van der Waals surface area contributed by atoms with Crippen molar-refractivity contribution in [2.45, 2.75) is 25.7 Å². The Morgan fingerprint density at radius 3 is 2.12 bits per heavy atom. The molecular weight excluding hydrogens is 650 g/mol. The number of carbonyl (C=O) groups excluding carboxylic acids is 4. The zero-order valence-electron chi connectivity index (χ0n) is 28.9. The van der Waals surface area contributed by atoms with E-state index in [4.69, 9.17) is 18.9 Å². The molecule has 4 aliphatic rings. The van der Waals surface area contributed by atoms with Gasteiger partial charge in [-0.05, 0) is 67.7 Å². The van der Waals surface area contributed by atoms with Crippen LogP contribution in [0, 0.1) is 17.8 Å². The number of ketones is 2. The van der Waals surface area contributed by atoms with Crippen molar-refractivity contribution in [3.05, 3.63) is 106 Å². The van der Waals surface area contributed by atoms with Crippen LogP contribution >= 0.6 is 0 Å². The number of rotatable bonds is 8. The molecule has 1 aliphatic heterocycles. The molecule has 3 aromatic carbocycles. The van der Waals surface area contributed by atoms with E-state index < -0.39 is 23.7 Å². The highest BCUT2D eigenvalue weighted by atomic mass is 16.5. The topological polar surface area (TPSA) is 129 Å². The van der Waals surface area contributed by atoms with Gasteiger partial charge in [0, 0.05) is 45.9 Å². The number of phenols is 1. The van der Waals surface area contributed by atoms with Crippen LogP contribution in [0.3, 0.4) is 0 Å². The van der Waals surface area contributed by atoms with Gasteiger partial charge in [0.1, 0.15) is 28.7 Å². The first kappa shape index (κ1) is 33.6. The number of carbonyl (C=O) groups is 4. The van der Waals surface area contributed by atoms with Crippen LogP contribution in [0.1, 0.15) is 42.4 Å². The average Bonchev–Trinajstić information content (AvgIpc) is 3.40. The summed E-state index contributed by atoms with van der Waals surface area (Å²) in [6, 6.07) is 15.5. The van der Waals surface area contributed by atoms with Gasteiger partial charge < -0.3 is 24.1 Å². The highest BCUT2D eigenvalue weighted by Gasteiger charge is 2.57. The van der Waals surface area contributed by atoms with Gasteiger partial charge in [-0.2, -0.15) is 0 Å². The van der Waals surface area contributed by atoms with Crippen molar-refractivity contribution in [2.75, 3.05) is 33.3 Å². The summed E-state index contributed by atoms with van der Waals surface area (Å²) < 4.78 is 22.2. The lowest BCUT2D eigenvalue weighted by molar-refractivity contribution is -0.123. The molecule has 260 valence electrons. The highest BCUT2D eigenvalue weighted by Crippen LogP contribution is 2.58. The smallest absolute Gasteiger partial charge is 0.238 e. The van der Waals surface area contributed by atoms with Gasteiger partial charge in [0.25, 0.3) is 0 Å². The van der Waals surface area contributed by atoms with Gasteiger partial charge in [0.05, 0.1) is 46.0 Å². The third-order valence-electron chi connectivity index (χ3n) is 10.4.